The predicted octanol–water partition coefficient (Wildman–Crippen LogP) is -1.28. The van der Waals surface area contributed by atoms with Crippen molar-refractivity contribution in [1.82, 2.24) is 10.6 Å². The summed E-state index contributed by atoms with van der Waals surface area (Å²) >= 11 is 0. The first-order chi connectivity index (χ1) is 15.6. The third-order valence-electron chi connectivity index (χ3n) is 6.06. The Balaban J connectivity index is 2.29. The highest BCUT2D eigenvalue weighted by atomic mass is 16.6. The van der Waals surface area contributed by atoms with Crippen molar-refractivity contribution in [2.24, 2.45) is 0 Å². The van der Waals surface area contributed by atoms with Crippen LogP contribution in [0.1, 0.15) is 47.0 Å². The van der Waals surface area contributed by atoms with Crippen LogP contribution in [-0.4, -0.2) is 100 Å². The summed E-state index contributed by atoms with van der Waals surface area (Å²) in [5.41, 5.74) is 0.361. The Bertz CT molecular complexity index is 699. The molecule has 7 atom stereocenters. The number of nitrogens with one attached hydrogen (secondary N) is 2. The van der Waals surface area contributed by atoms with Crippen LogP contribution >= 0.6 is 0 Å². The third-order valence-corrected chi connectivity index (χ3v) is 6.06. The molecule has 0 aromatic heterocycles. The summed E-state index contributed by atoms with van der Waals surface area (Å²) in [6.45, 7) is 6.51. The fraction of sp³-hybridized carbons (Fsp3) is 0.818. The van der Waals surface area contributed by atoms with Gasteiger partial charge in [0.05, 0.1) is 38.0 Å². The van der Waals surface area contributed by atoms with Gasteiger partial charge in [-0.25, -0.2) is 4.79 Å². The number of hydrogen-bond donors (Lipinski definition) is 6. The molecule has 0 bridgehead atoms. The van der Waals surface area contributed by atoms with Gasteiger partial charge in [-0.1, -0.05) is 13.8 Å². The van der Waals surface area contributed by atoms with Gasteiger partial charge in [-0.3, -0.25) is 4.79 Å². The van der Waals surface area contributed by atoms with E-state index in [2.05, 4.69) is 10.6 Å². The van der Waals surface area contributed by atoms with Crippen LogP contribution in [0, 0.1) is 0 Å². The van der Waals surface area contributed by atoms with Gasteiger partial charge in [0.2, 0.25) is 11.7 Å². The van der Waals surface area contributed by atoms with Crippen LogP contribution < -0.4 is 10.6 Å². The molecule has 1 heterocycles. The van der Waals surface area contributed by atoms with Crippen LogP contribution in [0.5, 0.6) is 0 Å². The van der Waals surface area contributed by atoms with E-state index in [0.29, 0.717) is 5.57 Å². The molecular weight excluding hydrogens is 436 g/mol. The number of ether oxygens (including phenoxy) is 3. The zero-order chi connectivity index (χ0) is 24.8. The van der Waals surface area contributed by atoms with Gasteiger partial charge in [0.25, 0.3) is 0 Å². The molecule has 1 fully saturated rings. The maximum Gasteiger partial charge on any atom is 0.333 e. The SMILES string of the molecule is CCOC(=O)C1=CC(OC(CC)CC)[C@H](NC(C)=O)[C@@H](NCC2(O)OC[C@@H](O)[C@@H](O)[C@@H]2O)C1. The second-order valence-electron chi connectivity index (χ2n) is 8.53. The minimum absolute atomic E-state index is 0.103. The molecule has 1 aliphatic heterocycles. The standard InChI is InChI=1S/C22H38N2O9/c1-5-14(6-2)33-17-9-13(21(29)31-7-3)8-15(18(17)24-12(4)25)23-11-22(30)20(28)19(27)16(26)10-32-22/h9,14-20,23,26-28,30H,5-8,10-11H2,1-4H3,(H,24,25)/t15-,16+,17?,18+,19+,20-,22?/m0/s1. The van der Waals surface area contributed by atoms with Gasteiger partial charge in [-0.2, -0.15) is 0 Å². The largest absolute Gasteiger partial charge is 0.463 e. The maximum atomic E-state index is 12.5. The molecule has 11 heteroatoms. The van der Waals surface area contributed by atoms with Gasteiger partial charge < -0.3 is 45.3 Å². The van der Waals surface area contributed by atoms with Crippen molar-refractivity contribution in [2.75, 3.05) is 19.8 Å². The number of amides is 1. The first kappa shape index (κ1) is 27.6. The monoisotopic (exact) mass is 474 g/mol. The van der Waals surface area contributed by atoms with E-state index < -0.39 is 48.3 Å². The Morgan fingerprint density at radius 3 is 2.48 bits per heavy atom. The molecule has 0 aromatic carbocycles. The first-order valence-corrected chi connectivity index (χ1v) is 11.5. The molecule has 2 aliphatic rings. The Hall–Kier alpha value is -1.60. The van der Waals surface area contributed by atoms with Gasteiger partial charge in [-0.15, -0.1) is 0 Å². The molecule has 1 amide bonds. The highest BCUT2D eigenvalue weighted by Crippen LogP contribution is 2.27. The van der Waals surface area contributed by atoms with Crippen molar-refractivity contribution in [2.45, 2.75) is 95.3 Å². The van der Waals surface area contributed by atoms with E-state index in [-0.39, 0.29) is 38.2 Å². The van der Waals surface area contributed by atoms with Gasteiger partial charge in [0, 0.05) is 18.5 Å². The number of carbonyl (C=O) groups excluding carboxylic acids is 2. The Labute approximate surface area is 194 Å². The van der Waals surface area contributed by atoms with E-state index in [1.54, 1.807) is 13.0 Å². The molecule has 0 aromatic rings. The highest BCUT2D eigenvalue weighted by Gasteiger charge is 2.49. The third kappa shape index (κ3) is 6.95. The fourth-order valence-electron chi connectivity index (χ4n) is 4.11. The maximum absolute atomic E-state index is 12.5. The zero-order valence-corrected chi connectivity index (χ0v) is 19.7. The number of hydrogen-bond acceptors (Lipinski definition) is 10. The molecule has 2 rings (SSSR count). The van der Waals surface area contributed by atoms with Gasteiger partial charge >= 0.3 is 5.97 Å². The lowest BCUT2D eigenvalue weighted by Gasteiger charge is -2.44. The van der Waals surface area contributed by atoms with Gasteiger partial charge in [-0.05, 0) is 32.3 Å². The summed E-state index contributed by atoms with van der Waals surface area (Å²) < 4.78 is 16.6. The van der Waals surface area contributed by atoms with Crippen molar-refractivity contribution >= 4 is 11.9 Å². The van der Waals surface area contributed by atoms with Crippen LogP contribution in [0.3, 0.4) is 0 Å². The smallest absolute Gasteiger partial charge is 0.333 e. The summed E-state index contributed by atoms with van der Waals surface area (Å²) in [5.74, 6) is -2.99. The van der Waals surface area contributed by atoms with Crippen molar-refractivity contribution < 1.29 is 44.2 Å². The van der Waals surface area contributed by atoms with Crippen molar-refractivity contribution in [3.05, 3.63) is 11.6 Å². The topological polar surface area (TPSA) is 167 Å². The molecule has 6 N–H and O–H groups in total. The molecule has 33 heavy (non-hydrogen) atoms. The molecule has 1 saturated heterocycles. The fourth-order valence-corrected chi connectivity index (χ4v) is 4.11. The van der Waals surface area contributed by atoms with E-state index >= 15 is 0 Å². The summed E-state index contributed by atoms with van der Waals surface area (Å²) in [7, 11) is 0. The van der Waals surface area contributed by atoms with Crippen LogP contribution in [0.25, 0.3) is 0 Å². The number of esters is 1. The molecule has 0 radical (unpaired) electrons. The molecule has 2 unspecified atom stereocenters. The Kier molecular flexibility index (Phi) is 10.2. The van der Waals surface area contributed by atoms with E-state index in [9.17, 15) is 30.0 Å². The predicted molar refractivity (Wildman–Crippen MR) is 117 cm³/mol. The van der Waals surface area contributed by atoms with Crippen LogP contribution in [0.15, 0.2) is 11.6 Å². The molecular formula is C22H38N2O9. The molecule has 190 valence electrons. The minimum atomic E-state index is -2.18. The minimum Gasteiger partial charge on any atom is -0.463 e. The highest BCUT2D eigenvalue weighted by molar-refractivity contribution is 5.89. The number of aliphatic hydroxyl groups is 4. The lowest BCUT2D eigenvalue weighted by atomic mass is 9.86. The van der Waals surface area contributed by atoms with Crippen LogP contribution in [0.4, 0.5) is 0 Å². The average Bonchev–Trinajstić information content (AvgIpc) is 2.78. The van der Waals surface area contributed by atoms with E-state index in [4.69, 9.17) is 14.2 Å². The molecule has 11 nitrogen and oxygen atoms in total. The molecule has 1 aliphatic carbocycles. The van der Waals surface area contributed by atoms with Crippen molar-refractivity contribution in [3.8, 4) is 0 Å². The number of carbonyl (C=O) groups is 2. The first-order valence-electron chi connectivity index (χ1n) is 11.5. The lowest BCUT2D eigenvalue weighted by Crippen LogP contribution is -2.67. The second kappa shape index (κ2) is 12.2. The lowest BCUT2D eigenvalue weighted by molar-refractivity contribution is -0.318. The van der Waals surface area contributed by atoms with Crippen molar-refractivity contribution in [3.63, 3.8) is 0 Å². The van der Waals surface area contributed by atoms with E-state index in [1.807, 2.05) is 13.8 Å². The second-order valence-corrected chi connectivity index (χ2v) is 8.53. The Morgan fingerprint density at radius 1 is 1.24 bits per heavy atom. The number of rotatable bonds is 10. The summed E-state index contributed by atoms with van der Waals surface area (Å²) in [4.78, 5) is 24.5. The molecule has 0 spiro atoms. The van der Waals surface area contributed by atoms with E-state index in [0.717, 1.165) is 12.8 Å². The van der Waals surface area contributed by atoms with Crippen LogP contribution in [-0.2, 0) is 23.8 Å². The zero-order valence-electron chi connectivity index (χ0n) is 19.7. The van der Waals surface area contributed by atoms with Gasteiger partial charge in [0.1, 0.15) is 18.3 Å². The normalized spacial score (nSPS) is 34.6. The summed E-state index contributed by atoms with van der Waals surface area (Å²) in [6, 6.07) is -1.19. The summed E-state index contributed by atoms with van der Waals surface area (Å²) in [6.07, 6.45) is -2.16. The molecule has 0 saturated carbocycles. The average molecular weight is 475 g/mol. The van der Waals surface area contributed by atoms with Gasteiger partial charge in [0.15, 0.2) is 0 Å². The van der Waals surface area contributed by atoms with Crippen molar-refractivity contribution in [1.29, 1.82) is 0 Å². The summed E-state index contributed by atoms with van der Waals surface area (Å²) in [5, 5.41) is 46.5. The quantitative estimate of drug-likeness (QED) is 0.210. The number of aliphatic hydroxyl groups excluding tert-OH is 3. The van der Waals surface area contributed by atoms with Crippen LogP contribution in [0.2, 0.25) is 0 Å². The Morgan fingerprint density at radius 2 is 1.91 bits per heavy atom. The van der Waals surface area contributed by atoms with E-state index in [1.165, 1.54) is 6.92 Å².